The van der Waals surface area contributed by atoms with Crippen LogP contribution in [0, 0.1) is 0 Å². The Balaban J connectivity index is 3.83. The fourth-order valence-electron chi connectivity index (χ4n) is 0.940. The molecule has 0 saturated carbocycles. The molecular weight excluding hydrogens is 196 g/mol. The predicted octanol–water partition coefficient (Wildman–Crippen LogP) is 1.38. The summed E-state index contributed by atoms with van der Waals surface area (Å²) in [5, 5.41) is 0. The molecule has 0 aromatic rings. The third-order valence-electron chi connectivity index (χ3n) is 1.52. The number of hydrazine groups is 1. The summed E-state index contributed by atoms with van der Waals surface area (Å²) in [5.74, 6) is 0. The van der Waals surface area contributed by atoms with E-state index < -0.39 is 11.7 Å². The standard InChI is InChI=1S/C10H20N2O3/c1-5-6-8(7-13)11-12-9(14)15-10(2,3)4/h7-8,11H,5-6H2,1-4H3,(H,12,14). The third-order valence-corrected chi connectivity index (χ3v) is 1.52. The Labute approximate surface area is 90.5 Å². The van der Waals surface area contributed by atoms with Gasteiger partial charge in [0.05, 0.1) is 6.04 Å². The summed E-state index contributed by atoms with van der Waals surface area (Å²) in [7, 11) is 0. The summed E-state index contributed by atoms with van der Waals surface area (Å²) in [6.45, 7) is 7.28. The molecule has 5 nitrogen and oxygen atoms in total. The maximum Gasteiger partial charge on any atom is 0.422 e. The average Bonchev–Trinajstić information content (AvgIpc) is 2.09. The van der Waals surface area contributed by atoms with Crippen LogP contribution in [0.5, 0.6) is 0 Å². The minimum Gasteiger partial charge on any atom is -0.443 e. The summed E-state index contributed by atoms with van der Waals surface area (Å²) in [6, 6.07) is -0.359. The zero-order chi connectivity index (χ0) is 11.9. The van der Waals surface area contributed by atoms with Crippen molar-refractivity contribution in [3.63, 3.8) is 0 Å². The number of aldehydes is 1. The number of rotatable bonds is 5. The molecule has 0 radical (unpaired) electrons. The Kier molecular flexibility index (Phi) is 5.93. The van der Waals surface area contributed by atoms with Crippen molar-refractivity contribution < 1.29 is 14.3 Å². The van der Waals surface area contributed by atoms with E-state index in [1.807, 2.05) is 6.92 Å². The molecule has 0 saturated heterocycles. The number of carbonyl (C=O) groups excluding carboxylic acids is 2. The first-order chi connectivity index (χ1) is 6.89. The summed E-state index contributed by atoms with van der Waals surface area (Å²) in [4.78, 5) is 21.7. The predicted molar refractivity (Wildman–Crippen MR) is 57.3 cm³/mol. The van der Waals surface area contributed by atoms with Gasteiger partial charge in [-0.2, -0.15) is 0 Å². The quantitative estimate of drug-likeness (QED) is 0.538. The minimum absolute atomic E-state index is 0.359. The molecule has 0 bridgehead atoms. The van der Waals surface area contributed by atoms with E-state index in [-0.39, 0.29) is 6.04 Å². The van der Waals surface area contributed by atoms with E-state index in [1.54, 1.807) is 20.8 Å². The third kappa shape index (κ3) is 7.93. The second-order valence-corrected chi connectivity index (χ2v) is 4.30. The van der Waals surface area contributed by atoms with Gasteiger partial charge in [0.2, 0.25) is 0 Å². The Morgan fingerprint density at radius 2 is 2.07 bits per heavy atom. The molecule has 1 unspecified atom stereocenters. The number of carbonyl (C=O) groups is 2. The molecule has 0 aromatic heterocycles. The molecule has 5 heteroatoms. The van der Waals surface area contributed by atoms with Crippen LogP contribution >= 0.6 is 0 Å². The molecule has 15 heavy (non-hydrogen) atoms. The van der Waals surface area contributed by atoms with Gasteiger partial charge in [0.1, 0.15) is 11.9 Å². The second kappa shape index (κ2) is 6.40. The van der Waals surface area contributed by atoms with Gasteiger partial charge in [-0.25, -0.2) is 10.2 Å². The Hall–Kier alpha value is -1.10. The van der Waals surface area contributed by atoms with Gasteiger partial charge in [-0.05, 0) is 27.2 Å². The van der Waals surface area contributed by atoms with E-state index >= 15 is 0 Å². The van der Waals surface area contributed by atoms with Crippen LogP contribution in [-0.2, 0) is 9.53 Å². The first kappa shape index (κ1) is 13.9. The van der Waals surface area contributed by atoms with Gasteiger partial charge in [-0.1, -0.05) is 13.3 Å². The van der Waals surface area contributed by atoms with Crippen LogP contribution in [-0.4, -0.2) is 24.0 Å². The molecule has 0 heterocycles. The first-order valence-corrected chi connectivity index (χ1v) is 5.09. The Morgan fingerprint density at radius 3 is 2.47 bits per heavy atom. The van der Waals surface area contributed by atoms with Gasteiger partial charge < -0.3 is 9.53 Å². The molecule has 0 rings (SSSR count). The summed E-state index contributed by atoms with van der Waals surface area (Å²) in [6.07, 6.45) is 1.73. The average molecular weight is 216 g/mol. The highest BCUT2D eigenvalue weighted by molar-refractivity contribution is 5.68. The first-order valence-electron chi connectivity index (χ1n) is 5.09. The van der Waals surface area contributed by atoms with Gasteiger partial charge in [-0.3, -0.25) is 5.43 Å². The second-order valence-electron chi connectivity index (χ2n) is 4.30. The number of amides is 1. The van der Waals surface area contributed by atoms with E-state index in [1.165, 1.54) is 0 Å². The lowest BCUT2D eigenvalue weighted by Crippen LogP contribution is -2.47. The summed E-state index contributed by atoms with van der Waals surface area (Å²) < 4.78 is 4.98. The summed E-state index contributed by atoms with van der Waals surface area (Å²) >= 11 is 0. The molecule has 0 aliphatic rings. The lowest BCUT2D eigenvalue weighted by molar-refractivity contribution is -0.109. The van der Waals surface area contributed by atoms with Crippen LogP contribution in [0.15, 0.2) is 0 Å². The fourth-order valence-corrected chi connectivity index (χ4v) is 0.940. The van der Waals surface area contributed by atoms with E-state index in [0.717, 1.165) is 12.7 Å². The molecule has 88 valence electrons. The monoisotopic (exact) mass is 216 g/mol. The van der Waals surface area contributed by atoms with E-state index in [2.05, 4.69) is 10.9 Å². The van der Waals surface area contributed by atoms with Crippen molar-refractivity contribution in [2.24, 2.45) is 0 Å². The summed E-state index contributed by atoms with van der Waals surface area (Å²) in [5.41, 5.74) is 4.40. The number of hydrogen-bond acceptors (Lipinski definition) is 4. The highest BCUT2D eigenvalue weighted by Gasteiger charge is 2.16. The van der Waals surface area contributed by atoms with Crippen LogP contribution < -0.4 is 10.9 Å². The van der Waals surface area contributed by atoms with Crippen LogP contribution in [0.3, 0.4) is 0 Å². The highest BCUT2D eigenvalue weighted by Crippen LogP contribution is 2.05. The van der Waals surface area contributed by atoms with Crippen molar-refractivity contribution in [2.45, 2.75) is 52.2 Å². The van der Waals surface area contributed by atoms with E-state index in [4.69, 9.17) is 4.74 Å². The molecule has 0 aliphatic heterocycles. The molecule has 2 N–H and O–H groups in total. The molecule has 0 aromatic carbocycles. The number of ether oxygens (including phenoxy) is 1. The van der Waals surface area contributed by atoms with Gasteiger partial charge in [-0.15, -0.1) is 0 Å². The van der Waals surface area contributed by atoms with Crippen LogP contribution in [0.1, 0.15) is 40.5 Å². The van der Waals surface area contributed by atoms with Crippen LogP contribution in [0.25, 0.3) is 0 Å². The highest BCUT2D eigenvalue weighted by atomic mass is 16.6. The van der Waals surface area contributed by atoms with Crippen molar-refractivity contribution in [3.05, 3.63) is 0 Å². The van der Waals surface area contributed by atoms with Crippen molar-refractivity contribution in [3.8, 4) is 0 Å². The largest absolute Gasteiger partial charge is 0.443 e. The van der Waals surface area contributed by atoms with E-state index in [0.29, 0.717) is 6.42 Å². The lowest BCUT2D eigenvalue weighted by Gasteiger charge is -2.20. The van der Waals surface area contributed by atoms with Gasteiger partial charge in [0.25, 0.3) is 0 Å². The molecular formula is C10H20N2O3. The van der Waals surface area contributed by atoms with Gasteiger partial charge in [0, 0.05) is 0 Å². The Morgan fingerprint density at radius 1 is 1.47 bits per heavy atom. The maximum absolute atomic E-state index is 11.2. The fraction of sp³-hybridized carbons (Fsp3) is 0.800. The lowest BCUT2D eigenvalue weighted by atomic mass is 10.2. The molecule has 1 amide bonds. The van der Waals surface area contributed by atoms with Gasteiger partial charge in [0.15, 0.2) is 0 Å². The van der Waals surface area contributed by atoms with Crippen LogP contribution in [0.2, 0.25) is 0 Å². The molecule has 1 atom stereocenters. The smallest absolute Gasteiger partial charge is 0.422 e. The topological polar surface area (TPSA) is 67.4 Å². The zero-order valence-electron chi connectivity index (χ0n) is 9.79. The van der Waals surface area contributed by atoms with Crippen molar-refractivity contribution in [2.75, 3.05) is 0 Å². The van der Waals surface area contributed by atoms with Crippen LogP contribution in [0.4, 0.5) is 4.79 Å². The normalized spacial score (nSPS) is 13.1. The van der Waals surface area contributed by atoms with Gasteiger partial charge >= 0.3 is 6.09 Å². The number of hydrogen-bond donors (Lipinski definition) is 2. The van der Waals surface area contributed by atoms with Crippen molar-refractivity contribution in [1.29, 1.82) is 0 Å². The van der Waals surface area contributed by atoms with Crippen molar-refractivity contribution in [1.82, 2.24) is 10.9 Å². The molecule has 0 fully saturated rings. The molecule has 0 spiro atoms. The van der Waals surface area contributed by atoms with Crippen molar-refractivity contribution >= 4 is 12.4 Å². The Bertz CT molecular complexity index is 211. The maximum atomic E-state index is 11.2. The SMILES string of the molecule is CCCC(C=O)NNC(=O)OC(C)(C)C. The van der Waals surface area contributed by atoms with E-state index in [9.17, 15) is 9.59 Å². The molecule has 0 aliphatic carbocycles. The zero-order valence-corrected chi connectivity index (χ0v) is 9.79. The minimum atomic E-state index is -0.578. The number of nitrogens with one attached hydrogen (secondary N) is 2.